The van der Waals surface area contributed by atoms with Gasteiger partial charge in [-0.15, -0.1) is 0 Å². The van der Waals surface area contributed by atoms with E-state index in [0.29, 0.717) is 31.2 Å². The molecule has 14 heteroatoms. The summed E-state index contributed by atoms with van der Waals surface area (Å²) in [5.74, 6) is -2.28. The van der Waals surface area contributed by atoms with Crippen molar-refractivity contribution in [3.05, 3.63) is 106 Å². The number of pyridine rings is 2. The first kappa shape index (κ1) is 32.5. The van der Waals surface area contributed by atoms with Gasteiger partial charge in [0.2, 0.25) is 5.43 Å². The van der Waals surface area contributed by atoms with E-state index in [4.69, 9.17) is 10.5 Å². The number of rotatable bonds is 6. The lowest BCUT2D eigenvalue weighted by Crippen LogP contribution is -2.53. The van der Waals surface area contributed by atoms with E-state index >= 15 is 4.39 Å². The highest BCUT2D eigenvalue weighted by atomic mass is 19.1. The fourth-order valence-corrected chi connectivity index (χ4v) is 7.08. The van der Waals surface area contributed by atoms with Gasteiger partial charge in [0, 0.05) is 53.1 Å². The number of ether oxygens (including phenoxy) is 1. The molecule has 4 N–H and O–H groups in total. The summed E-state index contributed by atoms with van der Waals surface area (Å²) in [7, 11) is 0. The highest BCUT2D eigenvalue weighted by Crippen LogP contribution is 2.34. The number of nitrogens with zero attached hydrogens (tertiary/aromatic N) is 5. The highest BCUT2D eigenvalue weighted by molar-refractivity contribution is 6.07. The first-order valence-electron chi connectivity index (χ1n) is 16.8. The van der Waals surface area contributed by atoms with Crippen molar-refractivity contribution in [1.29, 1.82) is 0 Å². The molecule has 0 bridgehead atoms. The SMILES string of the molecule is Nc1ncc(-c2cnn(C3CCNCC3)c2)cc1-c1ccc(NC(=O)c2cn3c(c(-c4ccc(F)cc4)c2=O)C(=O)N2CCCOC2C3)cc1F. The third kappa shape index (κ3) is 6.06. The molecule has 1 atom stereocenters. The molecule has 3 aliphatic heterocycles. The molecule has 5 aromatic rings. The van der Waals surface area contributed by atoms with Crippen LogP contribution in [0.4, 0.5) is 20.3 Å². The lowest BCUT2D eigenvalue weighted by atomic mass is 9.97. The van der Waals surface area contributed by atoms with E-state index in [0.717, 1.165) is 43.1 Å². The van der Waals surface area contributed by atoms with Gasteiger partial charge in [-0.2, -0.15) is 5.10 Å². The highest BCUT2D eigenvalue weighted by Gasteiger charge is 2.38. The predicted molar refractivity (Wildman–Crippen MR) is 186 cm³/mol. The quantitative estimate of drug-likeness (QED) is 0.232. The van der Waals surface area contributed by atoms with Crippen molar-refractivity contribution >= 4 is 23.3 Å². The van der Waals surface area contributed by atoms with E-state index in [1.54, 1.807) is 23.4 Å². The van der Waals surface area contributed by atoms with Gasteiger partial charge in [0.1, 0.15) is 28.7 Å². The molecule has 2 aromatic carbocycles. The Morgan fingerprint density at radius 2 is 1.76 bits per heavy atom. The van der Waals surface area contributed by atoms with Crippen molar-refractivity contribution in [2.45, 2.75) is 38.1 Å². The molecular formula is C37H34F2N8O4. The molecule has 8 rings (SSSR count). The number of nitrogens with one attached hydrogen (secondary N) is 2. The first-order chi connectivity index (χ1) is 24.7. The summed E-state index contributed by atoms with van der Waals surface area (Å²) in [6, 6.07) is 11.3. The van der Waals surface area contributed by atoms with E-state index < -0.39 is 35.1 Å². The van der Waals surface area contributed by atoms with Gasteiger partial charge >= 0.3 is 0 Å². The molecule has 3 aromatic heterocycles. The van der Waals surface area contributed by atoms with E-state index in [1.165, 1.54) is 47.2 Å². The summed E-state index contributed by atoms with van der Waals surface area (Å²) >= 11 is 0. The van der Waals surface area contributed by atoms with Crippen molar-refractivity contribution in [3.63, 3.8) is 0 Å². The van der Waals surface area contributed by atoms with Gasteiger partial charge in [-0.3, -0.25) is 19.1 Å². The standard InChI is InChI=1S/C37H34F2N8O4/c38-24-4-2-21(3-5-24)32-33-37(50)46-12-1-13-51-31(46)20-45(33)19-29(34(32)48)36(49)44-25-6-7-27(30(39)15-25)28-14-22(16-42-35(28)40)23-17-43-47(18-23)26-8-10-41-11-9-26/h2-7,14-19,26,31,41H,1,8-13,20H2,(H2,40,42)(H,44,49). The Labute approximate surface area is 290 Å². The van der Waals surface area contributed by atoms with Gasteiger partial charge in [0.05, 0.1) is 31.0 Å². The van der Waals surface area contributed by atoms with E-state index in [1.807, 2.05) is 10.9 Å². The Morgan fingerprint density at radius 3 is 2.55 bits per heavy atom. The number of halogens is 2. The van der Waals surface area contributed by atoms with Gasteiger partial charge in [-0.25, -0.2) is 13.8 Å². The van der Waals surface area contributed by atoms with Gasteiger partial charge < -0.3 is 30.6 Å². The molecule has 2 amide bonds. The molecule has 3 aliphatic rings. The van der Waals surface area contributed by atoms with Crippen LogP contribution in [-0.2, 0) is 11.3 Å². The van der Waals surface area contributed by atoms with Crippen LogP contribution >= 0.6 is 0 Å². The molecule has 0 spiro atoms. The van der Waals surface area contributed by atoms with Crippen molar-refractivity contribution in [2.75, 3.05) is 37.3 Å². The fraction of sp³-hybridized carbons (Fsp3) is 0.270. The predicted octanol–water partition coefficient (Wildman–Crippen LogP) is 4.68. The first-order valence-corrected chi connectivity index (χ1v) is 16.8. The number of nitrogens with two attached hydrogens (primary N) is 1. The summed E-state index contributed by atoms with van der Waals surface area (Å²) in [6.45, 7) is 2.98. The van der Waals surface area contributed by atoms with Gasteiger partial charge in [-0.05, 0) is 74.3 Å². The molecular weight excluding hydrogens is 658 g/mol. The van der Waals surface area contributed by atoms with Crippen LogP contribution in [0, 0.1) is 11.6 Å². The number of fused-ring (bicyclic) bond motifs is 2. The lowest BCUT2D eigenvalue weighted by molar-refractivity contribution is -0.0916. The van der Waals surface area contributed by atoms with Gasteiger partial charge in [0.15, 0.2) is 6.23 Å². The molecule has 0 aliphatic carbocycles. The second-order valence-electron chi connectivity index (χ2n) is 12.9. The van der Waals surface area contributed by atoms with Gasteiger partial charge in [-0.1, -0.05) is 12.1 Å². The number of anilines is 2. The molecule has 12 nitrogen and oxygen atoms in total. The average molecular weight is 693 g/mol. The zero-order valence-electron chi connectivity index (χ0n) is 27.4. The number of hydrogen-bond acceptors (Lipinski definition) is 8. The van der Waals surface area contributed by atoms with Crippen LogP contribution in [-0.4, -0.2) is 68.5 Å². The minimum atomic E-state index is -0.806. The molecule has 2 saturated heterocycles. The molecule has 51 heavy (non-hydrogen) atoms. The topological polar surface area (TPSA) is 149 Å². The number of carbonyl (C=O) groups is 2. The maximum Gasteiger partial charge on any atom is 0.273 e. The van der Waals surface area contributed by atoms with Crippen LogP contribution in [0.1, 0.15) is 46.2 Å². The zero-order chi connectivity index (χ0) is 35.2. The van der Waals surface area contributed by atoms with Crippen molar-refractivity contribution in [1.82, 2.24) is 29.5 Å². The largest absolute Gasteiger partial charge is 0.383 e. The Balaban J connectivity index is 1.09. The number of benzene rings is 2. The maximum atomic E-state index is 15.8. The lowest BCUT2D eigenvalue weighted by Gasteiger charge is -2.41. The van der Waals surface area contributed by atoms with E-state index in [-0.39, 0.29) is 46.0 Å². The van der Waals surface area contributed by atoms with Crippen molar-refractivity contribution < 1.29 is 23.1 Å². The maximum absolute atomic E-state index is 15.8. The number of nitrogen functional groups attached to an aromatic ring is 1. The van der Waals surface area contributed by atoms with Crippen LogP contribution in [0.2, 0.25) is 0 Å². The second kappa shape index (κ2) is 13.2. The average Bonchev–Trinajstić information content (AvgIpc) is 3.64. The number of hydrogen-bond donors (Lipinski definition) is 3. The van der Waals surface area contributed by atoms with Crippen molar-refractivity contribution in [3.8, 4) is 33.4 Å². The Hall–Kier alpha value is -5.73. The summed E-state index contributed by atoms with van der Waals surface area (Å²) in [4.78, 5) is 47.2. The second-order valence-corrected chi connectivity index (χ2v) is 12.9. The molecule has 260 valence electrons. The summed E-state index contributed by atoms with van der Waals surface area (Å²) in [6.07, 6.45) is 8.70. The third-order valence-electron chi connectivity index (χ3n) is 9.73. The normalized spacial score (nSPS) is 17.6. The van der Waals surface area contributed by atoms with Gasteiger partial charge in [0.25, 0.3) is 11.8 Å². The Bertz CT molecular complexity index is 2230. The minimum absolute atomic E-state index is 0.0256. The summed E-state index contributed by atoms with van der Waals surface area (Å²) < 4.78 is 38.9. The molecule has 1 unspecified atom stereocenters. The van der Waals surface area contributed by atoms with E-state index in [9.17, 15) is 18.8 Å². The van der Waals surface area contributed by atoms with Crippen molar-refractivity contribution in [2.24, 2.45) is 0 Å². The number of aromatic nitrogens is 4. The molecule has 6 heterocycles. The minimum Gasteiger partial charge on any atom is -0.383 e. The van der Waals surface area contributed by atoms with Crippen LogP contribution in [0.5, 0.6) is 0 Å². The summed E-state index contributed by atoms with van der Waals surface area (Å²) in [5.41, 5.74) is 7.76. The van der Waals surface area contributed by atoms with Crippen LogP contribution < -0.4 is 21.8 Å². The number of piperidine rings is 1. The molecule has 2 fully saturated rings. The fourth-order valence-electron chi connectivity index (χ4n) is 7.08. The van der Waals surface area contributed by atoms with Crippen LogP contribution in [0.15, 0.2) is 78.1 Å². The van der Waals surface area contributed by atoms with Crippen LogP contribution in [0.25, 0.3) is 33.4 Å². The summed E-state index contributed by atoms with van der Waals surface area (Å²) in [5, 5.41) is 10.5. The molecule has 0 radical (unpaired) electrons. The Morgan fingerprint density at radius 1 is 0.961 bits per heavy atom. The zero-order valence-corrected chi connectivity index (χ0v) is 27.4. The van der Waals surface area contributed by atoms with E-state index in [2.05, 4.69) is 20.7 Å². The number of carbonyl (C=O) groups excluding carboxylic acids is 2. The molecule has 0 saturated carbocycles. The third-order valence-corrected chi connectivity index (χ3v) is 9.73. The monoisotopic (exact) mass is 692 g/mol. The number of amides is 2. The smallest absolute Gasteiger partial charge is 0.273 e. The Kier molecular flexibility index (Phi) is 8.40. The van der Waals surface area contributed by atoms with Crippen LogP contribution in [0.3, 0.4) is 0 Å².